The van der Waals surface area contributed by atoms with E-state index < -0.39 is 17.2 Å². The smallest absolute Gasteiger partial charge is 0.245 e. The van der Waals surface area contributed by atoms with Gasteiger partial charge in [-0.05, 0) is 24.0 Å². The average molecular weight is 304 g/mol. The Bertz CT molecular complexity index is 721. The summed E-state index contributed by atoms with van der Waals surface area (Å²) in [4.78, 5) is 24.7. The molecule has 3 rings (SSSR count). The van der Waals surface area contributed by atoms with Gasteiger partial charge in [0.2, 0.25) is 11.8 Å². The number of nitriles is 1. The molecule has 0 spiro atoms. The van der Waals surface area contributed by atoms with E-state index >= 15 is 0 Å². The zero-order valence-corrected chi connectivity index (χ0v) is 12.5. The Balaban J connectivity index is 2.04. The highest BCUT2D eigenvalue weighted by Crippen LogP contribution is 2.40. The van der Waals surface area contributed by atoms with Crippen LogP contribution in [-0.2, 0) is 22.4 Å². The highest BCUT2D eigenvalue weighted by atomic mass is 16.2. The Morgan fingerprint density at radius 3 is 1.83 bits per heavy atom. The molecule has 1 aliphatic rings. The lowest BCUT2D eigenvalue weighted by Gasteiger charge is -2.28. The molecular weight excluding hydrogens is 288 g/mol. The zero-order valence-electron chi connectivity index (χ0n) is 12.5. The van der Waals surface area contributed by atoms with Gasteiger partial charge in [-0.3, -0.25) is 14.9 Å². The lowest BCUT2D eigenvalue weighted by Crippen LogP contribution is -2.39. The van der Waals surface area contributed by atoms with Crippen LogP contribution in [0.25, 0.3) is 0 Å². The van der Waals surface area contributed by atoms with Crippen LogP contribution in [0.1, 0.15) is 11.1 Å². The predicted molar refractivity (Wildman–Crippen MR) is 85.0 cm³/mol. The van der Waals surface area contributed by atoms with Crippen molar-refractivity contribution in [2.24, 2.45) is 11.3 Å². The van der Waals surface area contributed by atoms with Crippen LogP contribution in [0.5, 0.6) is 0 Å². The predicted octanol–water partition coefficient (Wildman–Crippen LogP) is 2.25. The minimum atomic E-state index is -1.06. The maximum Gasteiger partial charge on any atom is 0.245 e. The third kappa shape index (κ3) is 2.74. The normalized spacial score (nSPS) is 19.2. The van der Waals surface area contributed by atoms with Gasteiger partial charge in [-0.25, -0.2) is 0 Å². The molecule has 1 unspecified atom stereocenters. The van der Waals surface area contributed by atoms with Crippen molar-refractivity contribution in [2.75, 3.05) is 0 Å². The maximum atomic E-state index is 12.6. The first kappa shape index (κ1) is 15.0. The quantitative estimate of drug-likeness (QED) is 0.881. The van der Waals surface area contributed by atoms with Crippen molar-refractivity contribution in [1.82, 2.24) is 5.32 Å². The van der Waals surface area contributed by atoms with Crippen molar-refractivity contribution < 1.29 is 9.59 Å². The number of hydrogen-bond donors (Lipinski definition) is 1. The molecule has 0 bridgehead atoms. The van der Waals surface area contributed by atoms with Gasteiger partial charge < -0.3 is 0 Å². The molecule has 4 nitrogen and oxygen atoms in total. The number of imide groups is 1. The minimum absolute atomic E-state index is 0.359. The van der Waals surface area contributed by atoms with E-state index in [1.807, 2.05) is 66.7 Å². The molecular formula is C19H16N2O2. The minimum Gasteiger partial charge on any atom is -0.295 e. The molecule has 4 heteroatoms. The molecule has 2 aromatic carbocycles. The van der Waals surface area contributed by atoms with Gasteiger partial charge >= 0.3 is 0 Å². The summed E-state index contributed by atoms with van der Waals surface area (Å²) in [6.07, 6.45) is 0.719. The molecule has 1 fully saturated rings. The highest BCUT2D eigenvalue weighted by molar-refractivity contribution is 6.08. The second-order valence-electron chi connectivity index (χ2n) is 5.86. The van der Waals surface area contributed by atoms with Crippen LogP contribution < -0.4 is 5.32 Å². The van der Waals surface area contributed by atoms with E-state index in [2.05, 4.69) is 5.32 Å². The summed E-state index contributed by atoms with van der Waals surface area (Å²) in [7, 11) is 0. The second-order valence-corrected chi connectivity index (χ2v) is 5.86. The van der Waals surface area contributed by atoms with Gasteiger partial charge in [0.05, 0.1) is 11.5 Å². The van der Waals surface area contributed by atoms with Crippen molar-refractivity contribution >= 4 is 11.8 Å². The summed E-state index contributed by atoms with van der Waals surface area (Å²) in [6.45, 7) is 0. The van der Waals surface area contributed by atoms with E-state index in [1.165, 1.54) is 0 Å². The van der Waals surface area contributed by atoms with Gasteiger partial charge in [0.15, 0.2) is 0 Å². The number of hydrogen-bond acceptors (Lipinski definition) is 3. The van der Waals surface area contributed by atoms with Gasteiger partial charge in [-0.1, -0.05) is 60.7 Å². The lowest BCUT2D eigenvalue weighted by atomic mass is 9.69. The molecule has 1 heterocycles. The number of carbonyl (C=O) groups is 2. The van der Waals surface area contributed by atoms with E-state index in [-0.39, 0.29) is 5.91 Å². The average Bonchev–Trinajstić information content (AvgIpc) is 2.79. The third-order valence-corrected chi connectivity index (χ3v) is 4.36. The molecule has 0 radical (unpaired) electrons. The molecule has 0 aromatic heterocycles. The number of carbonyl (C=O) groups excluding carboxylic acids is 2. The second kappa shape index (κ2) is 6.05. The fourth-order valence-electron chi connectivity index (χ4n) is 3.22. The fraction of sp³-hybridized carbons (Fsp3) is 0.211. The van der Waals surface area contributed by atoms with Crippen LogP contribution in [0.3, 0.4) is 0 Å². The van der Waals surface area contributed by atoms with Gasteiger partial charge in [0, 0.05) is 0 Å². The first-order valence-corrected chi connectivity index (χ1v) is 7.48. The zero-order chi connectivity index (χ0) is 16.3. The first-order chi connectivity index (χ1) is 11.2. The molecule has 0 aliphatic carbocycles. The Hall–Kier alpha value is -2.93. The van der Waals surface area contributed by atoms with E-state index in [0.29, 0.717) is 12.8 Å². The number of nitrogens with one attached hydrogen (secondary N) is 1. The van der Waals surface area contributed by atoms with E-state index in [1.54, 1.807) is 0 Å². The van der Waals surface area contributed by atoms with Crippen molar-refractivity contribution in [3.05, 3.63) is 71.8 Å². The number of rotatable bonds is 4. The summed E-state index contributed by atoms with van der Waals surface area (Å²) >= 11 is 0. The summed E-state index contributed by atoms with van der Waals surface area (Å²) in [6, 6.07) is 21.1. The van der Waals surface area contributed by atoms with Gasteiger partial charge in [0.1, 0.15) is 5.92 Å². The van der Waals surface area contributed by atoms with Crippen LogP contribution in [0.4, 0.5) is 0 Å². The monoisotopic (exact) mass is 304 g/mol. The van der Waals surface area contributed by atoms with Crippen LogP contribution in [0, 0.1) is 22.7 Å². The Labute approximate surface area is 134 Å². The Morgan fingerprint density at radius 2 is 1.39 bits per heavy atom. The molecule has 0 saturated carbocycles. The summed E-state index contributed by atoms with van der Waals surface area (Å²) in [5, 5.41) is 11.8. The van der Waals surface area contributed by atoms with Crippen molar-refractivity contribution in [2.45, 2.75) is 12.8 Å². The molecule has 2 amide bonds. The third-order valence-electron chi connectivity index (χ3n) is 4.36. The Morgan fingerprint density at radius 1 is 0.913 bits per heavy atom. The molecule has 1 atom stereocenters. The SMILES string of the molecule is N#CC1C(=O)NC(=O)C1(Cc1ccccc1)Cc1ccccc1. The fourth-order valence-corrected chi connectivity index (χ4v) is 3.22. The standard InChI is InChI=1S/C19H16N2O2/c20-13-16-17(22)21-18(23)19(16,11-14-7-3-1-4-8-14)12-15-9-5-2-6-10-15/h1-10,16H,11-12H2,(H,21,22,23). The van der Waals surface area contributed by atoms with E-state index in [9.17, 15) is 14.9 Å². The number of benzene rings is 2. The highest BCUT2D eigenvalue weighted by Gasteiger charge is 2.55. The summed E-state index contributed by atoms with van der Waals surface area (Å²) < 4.78 is 0. The lowest BCUT2D eigenvalue weighted by molar-refractivity contribution is -0.128. The number of nitrogens with zero attached hydrogens (tertiary/aromatic N) is 1. The molecule has 1 aliphatic heterocycles. The van der Waals surface area contributed by atoms with Crippen LogP contribution in [0.2, 0.25) is 0 Å². The molecule has 23 heavy (non-hydrogen) atoms. The van der Waals surface area contributed by atoms with Crippen LogP contribution in [0.15, 0.2) is 60.7 Å². The van der Waals surface area contributed by atoms with Gasteiger partial charge in [-0.15, -0.1) is 0 Å². The van der Waals surface area contributed by atoms with Gasteiger partial charge in [-0.2, -0.15) is 5.26 Å². The molecule has 2 aromatic rings. The van der Waals surface area contributed by atoms with Crippen LogP contribution in [-0.4, -0.2) is 11.8 Å². The van der Waals surface area contributed by atoms with Gasteiger partial charge in [0.25, 0.3) is 0 Å². The Kier molecular flexibility index (Phi) is 3.94. The first-order valence-electron chi connectivity index (χ1n) is 7.48. The van der Waals surface area contributed by atoms with Crippen molar-refractivity contribution in [1.29, 1.82) is 5.26 Å². The van der Waals surface area contributed by atoms with Crippen LogP contribution >= 0.6 is 0 Å². The van der Waals surface area contributed by atoms with Crippen molar-refractivity contribution in [3.63, 3.8) is 0 Å². The topological polar surface area (TPSA) is 70.0 Å². The maximum absolute atomic E-state index is 12.6. The molecule has 114 valence electrons. The van der Waals surface area contributed by atoms with Crippen molar-refractivity contribution in [3.8, 4) is 6.07 Å². The van der Waals surface area contributed by atoms with E-state index in [4.69, 9.17) is 0 Å². The van der Waals surface area contributed by atoms with E-state index in [0.717, 1.165) is 11.1 Å². The number of amides is 2. The molecule has 1 saturated heterocycles. The summed E-state index contributed by atoms with van der Waals surface area (Å²) in [5.41, 5.74) is 0.816. The summed E-state index contributed by atoms with van der Waals surface area (Å²) in [5.74, 6) is -1.83. The largest absolute Gasteiger partial charge is 0.295 e. The molecule has 1 N–H and O–H groups in total.